The number of hydrogen-bond donors (Lipinski definition) is 2. The average Bonchev–Trinajstić information content (AvgIpc) is 2.20. The van der Waals surface area contributed by atoms with E-state index in [1.165, 1.54) is 6.92 Å². The lowest BCUT2D eigenvalue weighted by atomic mass is 10.2. The minimum Gasteiger partial charge on any atom is -0.480 e. The van der Waals surface area contributed by atoms with Gasteiger partial charge in [-0.1, -0.05) is 34.1 Å². The first-order chi connectivity index (χ1) is 7.82. The Bertz CT molecular complexity index is 515. The van der Waals surface area contributed by atoms with Crippen molar-refractivity contribution in [3.8, 4) is 0 Å². The normalized spacial score (nSPS) is 13.3. The number of benzene rings is 1. The third-order valence-electron chi connectivity index (χ3n) is 2.03. The van der Waals surface area contributed by atoms with Crippen LogP contribution in [0.1, 0.15) is 12.5 Å². The van der Waals surface area contributed by atoms with Crippen molar-refractivity contribution in [3.05, 3.63) is 34.3 Å². The number of rotatable bonds is 5. The Hall–Kier alpha value is -0.920. The molecule has 2 N–H and O–H groups in total. The van der Waals surface area contributed by atoms with Crippen LogP contribution in [0.2, 0.25) is 0 Å². The highest BCUT2D eigenvalue weighted by Gasteiger charge is 2.20. The molecule has 0 aliphatic rings. The fraction of sp³-hybridized carbons (Fsp3) is 0.300. The van der Waals surface area contributed by atoms with Crippen molar-refractivity contribution >= 4 is 31.9 Å². The molecular weight excluding hydrogens is 310 g/mol. The third-order valence-corrected chi connectivity index (χ3v) is 4.21. The molecule has 0 spiro atoms. The molecule has 0 bridgehead atoms. The van der Waals surface area contributed by atoms with Crippen LogP contribution in [0.15, 0.2) is 28.7 Å². The van der Waals surface area contributed by atoms with E-state index in [0.717, 1.165) is 0 Å². The van der Waals surface area contributed by atoms with Crippen LogP contribution < -0.4 is 4.72 Å². The summed E-state index contributed by atoms with van der Waals surface area (Å²) in [5, 5.41) is 8.63. The number of carboxylic acids is 1. The van der Waals surface area contributed by atoms with Gasteiger partial charge in [-0.2, -0.15) is 0 Å². The molecule has 1 atom stereocenters. The van der Waals surface area contributed by atoms with Gasteiger partial charge in [-0.05, 0) is 18.6 Å². The van der Waals surface area contributed by atoms with Gasteiger partial charge in [0.15, 0.2) is 0 Å². The maximum absolute atomic E-state index is 11.7. The van der Waals surface area contributed by atoms with Crippen LogP contribution in [0, 0.1) is 0 Å². The second-order valence-electron chi connectivity index (χ2n) is 3.53. The predicted octanol–water partition coefficient (Wildman–Crippen LogP) is 1.34. The van der Waals surface area contributed by atoms with Crippen LogP contribution in [-0.4, -0.2) is 25.5 Å². The van der Waals surface area contributed by atoms with Gasteiger partial charge in [0.25, 0.3) is 0 Å². The van der Waals surface area contributed by atoms with Crippen molar-refractivity contribution in [3.63, 3.8) is 0 Å². The Morgan fingerprint density at radius 2 is 2.06 bits per heavy atom. The highest BCUT2D eigenvalue weighted by atomic mass is 79.9. The molecule has 1 rings (SSSR count). The minimum absolute atomic E-state index is 0.258. The quantitative estimate of drug-likeness (QED) is 0.857. The van der Waals surface area contributed by atoms with Gasteiger partial charge in [0, 0.05) is 4.47 Å². The van der Waals surface area contributed by atoms with Crippen LogP contribution in [0.5, 0.6) is 0 Å². The lowest BCUT2D eigenvalue weighted by molar-refractivity contribution is -0.138. The van der Waals surface area contributed by atoms with Gasteiger partial charge in [-0.15, -0.1) is 0 Å². The largest absolute Gasteiger partial charge is 0.480 e. The number of carbonyl (C=O) groups is 1. The van der Waals surface area contributed by atoms with Gasteiger partial charge in [-0.25, -0.2) is 13.1 Å². The molecule has 0 aliphatic carbocycles. The van der Waals surface area contributed by atoms with Gasteiger partial charge in [-0.3, -0.25) is 4.79 Å². The van der Waals surface area contributed by atoms with Gasteiger partial charge in [0.1, 0.15) is 6.04 Å². The molecule has 0 saturated carbocycles. The summed E-state index contributed by atoms with van der Waals surface area (Å²) in [5.74, 6) is -1.47. The second-order valence-corrected chi connectivity index (χ2v) is 6.14. The number of sulfonamides is 1. The second kappa shape index (κ2) is 5.61. The van der Waals surface area contributed by atoms with Crippen molar-refractivity contribution in [2.24, 2.45) is 0 Å². The van der Waals surface area contributed by atoms with E-state index in [0.29, 0.717) is 10.0 Å². The summed E-state index contributed by atoms with van der Waals surface area (Å²) in [6, 6.07) is 5.74. The van der Waals surface area contributed by atoms with Gasteiger partial charge in [0.05, 0.1) is 5.75 Å². The van der Waals surface area contributed by atoms with Crippen LogP contribution in [0.4, 0.5) is 0 Å². The molecule has 0 aliphatic heterocycles. The lowest BCUT2D eigenvalue weighted by Crippen LogP contribution is -2.38. The Morgan fingerprint density at radius 1 is 1.47 bits per heavy atom. The highest BCUT2D eigenvalue weighted by molar-refractivity contribution is 9.10. The zero-order valence-electron chi connectivity index (χ0n) is 9.05. The zero-order chi connectivity index (χ0) is 13.1. The first-order valence-electron chi connectivity index (χ1n) is 4.78. The smallest absolute Gasteiger partial charge is 0.321 e. The van der Waals surface area contributed by atoms with Gasteiger partial charge >= 0.3 is 5.97 Å². The molecule has 0 amide bonds. The molecule has 1 aromatic rings. The predicted molar refractivity (Wildman–Crippen MR) is 67.0 cm³/mol. The summed E-state index contributed by atoms with van der Waals surface area (Å²) >= 11 is 3.24. The lowest BCUT2D eigenvalue weighted by Gasteiger charge is -2.10. The molecule has 0 saturated heterocycles. The Balaban J connectivity index is 2.81. The first kappa shape index (κ1) is 14.1. The van der Waals surface area contributed by atoms with Crippen LogP contribution in [0.25, 0.3) is 0 Å². The monoisotopic (exact) mass is 321 g/mol. The number of halogens is 1. The Morgan fingerprint density at radius 3 is 2.59 bits per heavy atom. The van der Waals surface area contributed by atoms with E-state index in [1.54, 1.807) is 24.3 Å². The fourth-order valence-corrected chi connectivity index (χ4v) is 3.18. The number of carboxylic acid groups (broad SMARTS) is 1. The standard InChI is InChI=1S/C10H12BrNO4S/c1-7(10(13)14)12-17(15,16)6-8-4-2-3-5-9(8)11/h2-5,7,12H,6H2,1H3,(H,13,14)/t7-/m0/s1. The maximum atomic E-state index is 11.7. The molecule has 0 radical (unpaired) electrons. The molecule has 94 valence electrons. The highest BCUT2D eigenvalue weighted by Crippen LogP contribution is 2.18. The maximum Gasteiger partial charge on any atom is 0.321 e. The summed E-state index contributed by atoms with van der Waals surface area (Å²) in [5.41, 5.74) is 0.581. The van der Waals surface area contributed by atoms with Gasteiger partial charge < -0.3 is 5.11 Å². The zero-order valence-corrected chi connectivity index (χ0v) is 11.5. The summed E-state index contributed by atoms with van der Waals surface area (Å²) in [6.07, 6.45) is 0. The van der Waals surface area contributed by atoms with E-state index in [2.05, 4.69) is 20.7 Å². The molecular formula is C10H12BrNO4S. The Labute approximate surface area is 108 Å². The molecule has 0 fully saturated rings. The molecule has 0 heterocycles. The van der Waals surface area contributed by atoms with E-state index in [9.17, 15) is 13.2 Å². The van der Waals surface area contributed by atoms with E-state index in [-0.39, 0.29) is 5.75 Å². The van der Waals surface area contributed by atoms with Gasteiger partial charge in [0.2, 0.25) is 10.0 Å². The summed E-state index contributed by atoms with van der Waals surface area (Å²) in [6.45, 7) is 1.28. The first-order valence-corrected chi connectivity index (χ1v) is 7.22. The van der Waals surface area contributed by atoms with Crippen molar-refractivity contribution < 1.29 is 18.3 Å². The Kier molecular flexibility index (Phi) is 4.67. The van der Waals surface area contributed by atoms with E-state index in [4.69, 9.17) is 5.11 Å². The van der Waals surface area contributed by atoms with Crippen molar-refractivity contribution in [1.29, 1.82) is 0 Å². The summed E-state index contributed by atoms with van der Waals surface area (Å²) in [7, 11) is -3.66. The molecule has 5 nitrogen and oxygen atoms in total. The fourth-order valence-electron chi connectivity index (χ4n) is 1.18. The molecule has 0 unspecified atom stereocenters. The van der Waals surface area contributed by atoms with Crippen molar-refractivity contribution in [2.45, 2.75) is 18.7 Å². The summed E-state index contributed by atoms with van der Waals surface area (Å²) in [4.78, 5) is 10.6. The van der Waals surface area contributed by atoms with Crippen LogP contribution in [0.3, 0.4) is 0 Å². The molecule has 0 aromatic heterocycles. The molecule has 1 aromatic carbocycles. The van der Waals surface area contributed by atoms with Crippen LogP contribution in [-0.2, 0) is 20.6 Å². The van der Waals surface area contributed by atoms with E-state index >= 15 is 0 Å². The van der Waals surface area contributed by atoms with Crippen molar-refractivity contribution in [1.82, 2.24) is 4.72 Å². The average molecular weight is 322 g/mol. The SMILES string of the molecule is C[C@H](NS(=O)(=O)Cc1ccccc1Br)C(=O)O. The number of nitrogens with one attached hydrogen (secondary N) is 1. The topological polar surface area (TPSA) is 83.5 Å². The van der Waals surface area contributed by atoms with Crippen LogP contribution >= 0.6 is 15.9 Å². The van der Waals surface area contributed by atoms with E-state index in [1.807, 2.05) is 0 Å². The molecule has 7 heteroatoms. The third kappa shape index (κ3) is 4.45. The number of hydrogen-bond acceptors (Lipinski definition) is 3. The number of aliphatic carboxylic acids is 1. The minimum atomic E-state index is -3.66. The summed E-state index contributed by atoms with van der Waals surface area (Å²) < 4.78 is 26.1. The van der Waals surface area contributed by atoms with E-state index < -0.39 is 22.0 Å². The van der Waals surface area contributed by atoms with Crippen molar-refractivity contribution in [2.75, 3.05) is 0 Å². The molecule has 17 heavy (non-hydrogen) atoms.